The first kappa shape index (κ1) is 31.9. The van der Waals surface area contributed by atoms with Crippen LogP contribution in [0.15, 0.2) is 18.2 Å². The van der Waals surface area contributed by atoms with Crippen molar-refractivity contribution >= 4 is 12.0 Å². The molecule has 240 valence electrons. The summed E-state index contributed by atoms with van der Waals surface area (Å²) >= 11 is 0. The van der Waals surface area contributed by atoms with E-state index in [1.165, 1.54) is 45.2 Å². The molecule has 0 saturated carbocycles. The van der Waals surface area contributed by atoms with Crippen molar-refractivity contribution in [1.29, 1.82) is 0 Å². The third-order valence-electron chi connectivity index (χ3n) is 9.63. The molecule has 4 aliphatic heterocycles. The van der Waals surface area contributed by atoms with E-state index in [2.05, 4.69) is 22.0 Å². The van der Waals surface area contributed by atoms with Crippen LogP contribution >= 0.6 is 0 Å². The van der Waals surface area contributed by atoms with Gasteiger partial charge in [0.25, 0.3) is 0 Å². The Morgan fingerprint density at radius 2 is 1.58 bits per heavy atom. The Morgan fingerprint density at radius 1 is 0.884 bits per heavy atom. The van der Waals surface area contributed by atoms with E-state index in [4.69, 9.17) is 14.2 Å². The van der Waals surface area contributed by atoms with Crippen LogP contribution in [-0.2, 0) is 9.53 Å². The van der Waals surface area contributed by atoms with Crippen molar-refractivity contribution in [3.63, 3.8) is 0 Å². The predicted octanol–water partition coefficient (Wildman–Crippen LogP) is 5.53. The van der Waals surface area contributed by atoms with Gasteiger partial charge in [0, 0.05) is 32.1 Å². The first-order valence-electron chi connectivity index (χ1n) is 17.2. The minimum atomic E-state index is -0.632. The Morgan fingerprint density at radius 3 is 2.33 bits per heavy atom. The van der Waals surface area contributed by atoms with Gasteiger partial charge in [-0.3, -0.25) is 4.79 Å². The molecule has 0 radical (unpaired) electrons. The SMILES string of the molecule is CCCCCCCC(=O)N[C@H](CN1CCCC1)[C@H](OC(=O)N1CCC(N2CCCCC2)CC1)c1ccc2c(c1)OCCO2. The standard InChI is InChI=1S/C34H54N4O5/c1-2-3-4-5-7-12-32(39)35-29(26-36-17-10-11-18-36)33(27-13-14-30-31(25-27)42-24-23-41-30)43-34(40)38-21-15-28(16-22-38)37-19-8-6-9-20-37/h13-14,25,28-29,33H,2-12,15-24,26H2,1H3,(H,35,39)/t29-,33-/m1/s1. The van der Waals surface area contributed by atoms with Crippen molar-refractivity contribution in [3.8, 4) is 11.5 Å². The van der Waals surface area contributed by atoms with Gasteiger partial charge in [-0.2, -0.15) is 0 Å². The van der Waals surface area contributed by atoms with E-state index in [-0.39, 0.29) is 18.0 Å². The van der Waals surface area contributed by atoms with Crippen molar-refractivity contribution < 1.29 is 23.8 Å². The average molecular weight is 599 g/mol. The Hall–Kier alpha value is -2.52. The number of carbonyl (C=O) groups is 2. The van der Waals surface area contributed by atoms with Crippen LogP contribution in [0.2, 0.25) is 0 Å². The maximum atomic E-state index is 13.8. The highest BCUT2D eigenvalue weighted by Crippen LogP contribution is 2.35. The van der Waals surface area contributed by atoms with Crippen LogP contribution in [0.4, 0.5) is 4.79 Å². The molecule has 2 atom stereocenters. The molecular weight excluding hydrogens is 544 g/mol. The number of ether oxygens (including phenoxy) is 3. The molecule has 4 aliphatic rings. The summed E-state index contributed by atoms with van der Waals surface area (Å²) in [4.78, 5) is 33.9. The Labute approximate surface area is 258 Å². The van der Waals surface area contributed by atoms with Crippen LogP contribution < -0.4 is 14.8 Å². The van der Waals surface area contributed by atoms with Gasteiger partial charge in [-0.1, -0.05) is 45.1 Å². The van der Waals surface area contributed by atoms with Crippen molar-refractivity contribution in [2.45, 2.75) is 109 Å². The van der Waals surface area contributed by atoms with Gasteiger partial charge < -0.3 is 34.2 Å². The van der Waals surface area contributed by atoms with E-state index in [9.17, 15) is 9.59 Å². The molecule has 5 rings (SSSR count). The summed E-state index contributed by atoms with van der Waals surface area (Å²) in [5.74, 6) is 1.39. The quantitative estimate of drug-likeness (QED) is 0.299. The summed E-state index contributed by atoms with van der Waals surface area (Å²) in [5, 5.41) is 3.32. The molecule has 43 heavy (non-hydrogen) atoms. The lowest BCUT2D eigenvalue weighted by molar-refractivity contribution is -0.123. The van der Waals surface area contributed by atoms with Crippen LogP contribution in [0.3, 0.4) is 0 Å². The number of hydrogen-bond acceptors (Lipinski definition) is 7. The molecule has 1 aromatic rings. The number of nitrogens with zero attached hydrogens (tertiary/aromatic N) is 3. The van der Waals surface area contributed by atoms with Gasteiger partial charge in [-0.25, -0.2) is 4.79 Å². The normalized spacial score (nSPS) is 21.4. The van der Waals surface area contributed by atoms with Gasteiger partial charge in [0.2, 0.25) is 5.91 Å². The van der Waals surface area contributed by atoms with Crippen LogP contribution in [0.5, 0.6) is 11.5 Å². The first-order chi connectivity index (χ1) is 21.1. The summed E-state index contributed by atoms with van der Waals surface area (Å²) in [6, 6.07) is 5.98. The fourth-order valence-electron chi connectivity index (χ4n) is 7.13. The Bertz CT molecular complexity index is 1020. The van der Waals surface area contributed by atoms with Crippen molar-refractivity contribution in [3.05, 3.63) is 23.8 Å². The molecule has 0 spiro atoms. The monoisotopic (exact) mass is 598 g/mol. The van der Waals surface area contributed by atoms with Gasteiger partial charge in [0.05, 0.1) is 6.04 Å². The maximum absolute atomic E-state index is 13.8. The fraction of sp³-hybridized carbons (Fsp3) is 0.765. The molecule has 1 aromatic carbocycles. The third-order valence-corrected chi connectivity index (χ3v) is 9.63. The van der Waals surface area contributed by atoms with Gasteiger partial charge in [-0.15, -0.1) is 0 Å². The molecule has 9 nitrogen and oxygen atoms in total. The molecule has 3 saturated heterocycles. The zero-order valence-corrected chi connectivity index (χ0v) is 26.4. The number of benzene rings is 1. The van der Waals surface area contributed by atoms with Crippen LogP contribution in [0.25, 0.3) is 0 Å². The van der Waals surface area contributed by atoms with E-state index in [1.807, 2.05) is 23.1 Å². The number of hydrogen-bond donors (Lipinski definition) is 1. The predicted molar refractivity (Wildman–Crippen MR) is 168 cm³/mol. The molecule has 9 heteroatoms. The Kier molecular flexibility index (Phi) is 12.3. The summed E-state index contributed by atoms with van der Waals surface area (Å²) in [6.45, 7) is 9.60. The zero-order chi connectivity index (χ0) is 29.9. The molecule has 0 aromatic heterocycles. The Balaban J connectivity index is 1.30. The van der Waals surface area contributed by atoms with E-state index >= 15 is 0 Å². The summed E-state index contributed by atoms with van der Waals surface area (Å²) in [6.07, 6.45) is 13.2. The lowest BCUT2D eigenvalue weighted by atomic mass is 9.99. The molecule has 4 heterocycles. The van der Waals surface area contributed by atoms with Crippen molar-refractivity contribution in [2.75, 3.05) is 59.0 Å². The second-order valence-electron chi connectivity index (χ2n) is 12.9. The van der Waals surface area contributed by atoms with Crippen LogP contribution in [0.1, 0.15) is 102 Å². The molecule has 0 aliphatic carbocycles. The highest BCUT2D eigenvalue weighted by Gasteiger charge is 2.35. The topological polar surface area (TPSA) is 83.6 Å². The van der Waals surface area contributed by atoms with Crippen LogP contribution in [-0.4, -0.2) is 97.8 Å². The second-order valence-corrected chi connectivity index (χ2v) is 12.9. The lowest BCUT2D eigenvalue weighted by Gasteiger charge is -2.40. The van der Waals surface area contributed by atoms with E-state index in [0.717, 1.165) is 63.6 Å². The van der Waals surface area contributed by atoms with Gasteiger partial charge in [0.15, 0.2) is 17.6 Å². The van der Waals surface area contributed by atoms with Crippen molar-refractivity contribution in [1.82, 2.24) is 20.0 Å². The fourth-order valence-corrected chi connectivity index (χ4v) is 7.13. The number of carbonyl (C=O) groups excluding carboxylic acids is 2. The van der Waals surface area contributed by atoms with E-state index in [0.29, 0.717) is 56.8 Å². The second kappa shape index (κ2) is 16.5. The highest BCUT2D eigenvalue weighted by molar-refractivity contribution is 5.76. The van der Waals surface area contributed by atoms with Gasteiger partial charge in [0.1, 0.15) is 13.2 Å². The highest BCUT2D eigenvalue weighted by atomic mass is 16.6. The van der Waals surface area contributed by atoms with E-state index in [1.54, 1.807) is 0 Å². The van der Waals surface area contributed by atoms with Crippen molar-refractivity contribution in [2.24, 2.45) is 0 Å². The maximum Gasteiger partial charge on any atom is 0.410 e. The number of rotatable bonds is 13. The summed E-state index contributed by atoms with van der Waals surface area (Å²) in [5.41, 5.74) is 0.827. The zero-order valence-electron chi connectivity index (χ0n) is 26.4. The molecule has 1 N–H and O–H groups in total. The number of nitrogens with one attached hydrogen (secondary N) is 1. The summed E-state index contributed by atoms with van der Waals surface area (Å²) in [7, 11) is 0. The molecule has 0 unspecified atom stereocenters. The molecule has 3 fully saturated rings. The average Bonchev–Trinajstić information content (AvgIpc) is 3.56. The number of piperidine rings is 2. The largest absolute Gasteiger partial charge is 0.486 e. The lowest BCUT2D eigenvalue weighted by Crippen LogP contribution is -2.50. The smallest absolute Gasteiger partial charge is 0.410 e. The van der Waals surface area contributed by atoms with Gasteiger partial charge in [-0.05, 0) is 88.8 Å². The number of likely N-dealkylation sites (tertiary alicyclic amines) is 3. The summed E-state index contributed by atoms with van der Waals surface area (Å²) < 4.78 is 18.1. The first-order valence-corrected chi connectivity index (χ1v) is 17.2. The number of unbranched alkanes of at least 4 members (excludes halogenated alkanes) is 4. The van der Waals surface area contributed by atoms with E-state index < -0.39 is 6.10 Å². The number of fused-ring (bicyclic) bond motifs is 1. The molecule has 0 bridgehead atoms. The van der Waals surface area contributed by atoms with Crippen LogP contribution in [0, 0.1) is 0 Å². The molecular formula is C34H54N4O5. The minimum absolute atomic E-state index is 0.0293. The minimum Gasteiger partial charge on any atom is -0.486 e. The third kappa shape index (κ3) is 9.24. The number of amides is 2. The molecule has 2 amide bonds. The van der Waals surface area contributed by atoms with Gasteiger partial charge >= 0.3 is 6.09 Å².